The van der Waals surface area contributed by atoms with Crippen LogP contribution in [0.4, 0.5) is 0 Å². The predicted molar refractivity (Wildman–Crippen MR) is 89.6 cm³/mol. The van der Waals surface area contributed by atoms with E-state index in [4.69, 9.17) is 4.74 Å². The van der Waals surface area contributed by atoms with Crippen molar-refractivity contribution in [2.24, 2.45) is 0 Å². The lowest BCUT2D eigenvalue weighted by Crippen LogP contribution is -2.29. The number of benzene rings is 1. The summed E-state index contributed by atoms with van der Waals surface area (Å²) in [5.41, 5.74) is 5.29. The van der Waals surface area contributed by atoms with Gasteiger partial charge in [-0.25, -0.2) is 0 Å². The second kappa shape index (κ2) is 5.71. The van der Waals surface area contributed by atoms with Gasteiger partial charge in [-0.2, -0.15) is 0 Å². The van der Waals surface area contributed by atoms with Crippen LogP contribution in [0.2, 0.25) is 0 Å². The first kappa shape index (κ1) is 14.4. The molecule has 1 nitrogen and oxygen atoms in total. The van der Waals surface area contributed by atoms with Crippen molar-refractivity contribution in [3.63, 3.8) is 0 Å². The zero-order valence-corrected chi connectivity index (χ0v) is 13.5. The Morgan fingerprint density at radius 1 is 1.05 bits per heavy atom. The van der Waals surface area contributed by atoms with Crippen molar-refractivity contribution in [1.29, 1.82) is 0 Å². The average Bonchev–Trinajstić information content (AvgIpc) is 2.38. The Hall–Kier alpha value is -1.50. The van der Waals surface area contributed by atoms with E-state index >= 15 is 0 Å². The van der Waals surface area contributed by atoms with Gasteiger partial charge < -0.3 is 4.74 Å². The molecule has 112 valence electrons. The first-order valence-corrected chi connectivity index (χ1v) is 8.27. The lowest BCUT2D eigenvalue weighted by atomic mass is 9.85. The molecule has 0 amide bonds. The van der Waals surface area contributed by atoms with Crippen molar-refractivity contribution < 1.29 is 4.74 Å². The van der Waals surface area contributed by atoms with Crippen LogP contribution in [0.3, 0.4) is 0 Å². The van der Waals surface area contributed by atoms with E-state index in [9.17, 15) is 0 Å². The Labute approximate surface area is 128 Å². The number of fused-ring (bicyclic) bond motifs is 1. The summed E-state index contributed by atoms with van der Waals surface area (Å²) in [5, 5.41) is 0. The topological polar surface area (TPSA) is 9.23 Å². The quantitative estimate of drug-likeness (QED) is 0.629. The minimum atomic E-state index is -0.221. The van der Waals surface area contributed by atoms with E-state index in [1.165, 1.54) is 60.8 Å². The molecule has 1 heteroatoms. The minimum Gasteiger partial charge on any atom is -0.483 e. The molecule has 21 heavy (non-hydrogen) atoms. The van der Waals surface area contributed by atoms with Gasteiger partial charge in [0.2, 0.25) is 0 Å². The fourth-order valence-electron chi connectivity index (χ4n) is 3.38. The third-order valence-corrected chi connectivity index (χ3v) is 4.43. The Bertz CT molecular complexity index is 590. The summed E-state index contributed by atoms with van der Waals surface area (Å²) in [6.45, 7) is 6.46. The summed E-state index contributed by atoms with van der Waals surface area (Å²) in [6.07, 6.45) is 12.6. The minimum absolute atomic E-state index is 0.221. The van der Waals surface area contributed by atoms with E-state index in [0.717, 1.165) is 5.75 Å². The molecule has 0 atom stereocenters. The molecule has 0 fully saturated rings. The Morgan fingerprint density at radius 2 is 1.86 bits per heavy atom. The van der Waals surface area contributed by atoms with Gasteiger partial charge in [-0.1, -0.05) is 30.5 Å². The molecule has 3 rings (SSSR count). The van der Waals surface area contributed by atoms with Crippen LogP contribution < -0.4 is 4.74 Å². The van der Waals surface area contributed by atoms with Crippen molar-refractivity contribution in [2.75, 3.05) is 0 Å². The molecule has 0 bridgehead atoms. The van der Waals surface area contributed by atoms with Gasteiger partial charge in [0.05, 0.1) is 0 Å². The maximum Gasteiger partial charge on any atom is 0.128 e. The lowest BCUT2D eigenvalue weighted by Gasteiger charge is -2.32. The zero-order chi connectivity index (χ0) is 14.9. The summed E-state index contributed by atoms with van der Waals surface area (Å²) >= 11 is 0. The number of hydrogen-bond donors (Lipinski definition) is 0. The molecule has 1 aliphatic heterocycles. The highest BCUT2D eigenvalue weighted by Crippen LogP contribution is 2.41. The van der Waals surface area contributed by atoms with Crippen molar-refractivity contribution in [2.45, 2.75) is 64.9 Å². The highest BCUT2D eigenvalue weighted by atomic mass is 16.5. The number of ether oxygens (including phenoxy) is 1. The molecular formula is C20H26O. The summed E-state index contributed by atoms with van der Waals surface area (Å²) in [6, 6.07) is 6.54. The Morgan fingerprint density at radius 3 is 2.71 bits per heavy atom. The molecule has 0 spiro atoms. The largest absolute Gasteiger partial charge is 0.483 e. The number of aryl methyl sites for hydroxylation is 1. The normalized spacial score (nSPS) is 23.8. The van der Waals surface area contributed by atoms with Gasteiger partial charge in [-0.05, 0) is 75.8 Å². The van der Waals surface area contributed by atoms with E-state index in [2.05, 4.69) is 51.1 Å². The van der Waals surface area contributed by atoms with Gasteiger partial charge in [0.1, 0.15) is 11.4 Å². The molecule has 0 unspecified atom stereocenters. The van der Waals surface area contributed by atoms with Crippen molar-refractivity contribution in [3.8, 4) is 5.75 Å². The molecule has 1 aliphatic carbocycles. The molecule has 0 aromatic heterocycles. The van der Waals surface area contributed by atoms with E-state index in [-0.39, 0.29) is 5.60 Å². The average molecular weight is 282 g/mol. The molecule has 1 aromatic rings. The van der Waals surface area contributed by atoms with Crippen molar-refractivity contribution >= 4 is 5.57 Å². The number of rotatable bonds is 1. The smallest absolute Gasteiger partial charge is 0.128 e. The van der Waals surface area contributed by atoms with E-state index < -0.39 is 0 Å². The lowest BCUT2D eigenvalue weighted by molar-refractivity contribution is 0.158. The second-order valence-corrected chi connectivity index (χ2v) is 6.95. The van der Waals surface area contributed by atoms with Crippen LogP contribution in [0.15, 0.2) is 35.9 Å². The standard InChI is InChI=1S/C20H26O/c1-15-11-12-19-17(13-15)18(14-20(2,3)21-19)16-9-7-5-4-6-8-10-16/h9,11-14H,4-8,10H2,1-3H3/b16-9+. The zero-order valence-electron chi connectivity index (χ0n) is 13.5. The Kier molecular flexibility index (Phi) is 3.93. The highest BCUT2D eigenvalue weighted by Gasteiger charge is 2.27. The van der Waals surface area contributed by atoms with Crippen LogP contribution in [0.5, 0.6) is 5.75 Å². The second-order valence-electron chi connectivity index (χ2n) is 6.95. The van der Waals surface area contributed by atoms with Crippen molar-refractivity contribution in [3.05, 3.63) is 47.1 Å². The third kappa shape index (κ3) is 3.23. The van der Waals surface area contributed by atoms with Crippen LogP contribution in [-0.2, 0) is 0 Å². The Balaban J connectivity index is 2.06. The molecule has 0 saturated carbocycles. The predicted octanol–water partition coefficient (Wildman–Crippen LogP) is 5.83. The fourth-order valence-corrected chi connectivity index (χ4v) is 3.38. The van der Waals surface area contributed by atoms with Crippen LogP contribution in [-0.4, -0.2) is 5.60 Å². The van der Waals surface area contributed by atoms with Gasteiger partial charge in [-0.3, -0.25) is 0 Å². The van der Waals surface area contributed by atoms with Crippen LogP contribution in [0, 0.1) is 6.92 Å². The molecule has 0 radical (unpaired) electrons. The summed E-state index contributed by atoms with van der Waals surface area (Å²) in [5.74, 6) is 1.03. The third-order valence-electron chi connectivity index (χ3n) is 4.43. The fraction of sp³-hybridized carbons (Fsp3) is 0.500. The monoisotopic (exact) mass is 282 g/mol. The van der Waals surface area contributed by atoms with E-state index in [1.54, 1.807) is 0 Å². The first-order valence-electron chi connectivity index (χ1n) is 8.27. The summed E-state index contributed by atoms with van der Waals surface area (Å²) < 4.78 is 6.15. The van der Waals surface area contributed by atoms with Gasteiger partial charge in [0.15, 0.2) is 0 Å². The maximum absolute atomic E-state index is 6.15. The van der Waals surface area contributed by atoms with Gasteiger partial charge in [0.25, 0.3) is 0 Å². The SMILES string of the molecule is Cc1ccc2c(c1)C(/C1=C/CCCCCC1)=CC(C)(C)O2. The molecule has 0 saturated heterocycles. The van der Waals surface area contributed by atoms with Crippen LogP contribution in [0.25, 0.3) is 5.57 Å². The maximum atomic E-state index is 6.15. The van der Waals surface area contributed by atoms with E-state index in [1.807, 2.05) is 0 Å². The van der Waals surface area contributed by atoms with Crippen LogP contribution >= 0.6 is 0 Å². The summed E-state index contributed by atoms with van der Waals surface area (Å²) in [7, 11) is 0. The number of allylic oxidation sites excluding steroid dienone is 3. The van der Waals surface area contributed by atoms with E-state index in [0.29, 0.717) is 0 Å². The van der Waals surface area contributed by atoms with Gasteiger partial charge >= 0.3 is 0 Å². The van der Waals surface area contributed by atoms with Crippen LogP contribution in [0.1, 0.15) is 63.5 Å². The molecule has 1 heterocycles. The van der Waals surface area contributed by atoms with Gasteiger partial charge in [-0.15, -0.1) is 0 Å². The summed E-state index contributed by atoms with van der Waals surface area (Å²) in [4.78, 5) is 0. The molecular weight excluding hydrogens is 256 g/mol. The molecule has 2 aliphatic rings. The van der Waals surface area contributed by atoms with Crippen molar-refractivity contribution in [1.82, 2.24) is 0 Å². The molecule has 1 aromatic carbocycles. The molecule has 0 N–H and O–H groups in total. The first-order chi connectivity index (χ1) is 10.1. The number of hydrogen-bond acceptors (Lipinski definition) is 1. The van der Waals surface area contributed by atoms with Gasteiger partial charge in [0, 0.05) is 5.56 Å². The highest BCUT2D eigenvalue weighted by molar-refractivity contribution is 5.84.